The topological polar surface area (TPSA) is 30.3 Å². The van der Waals surface area contributed by atoms with E-state index in [1.165, 1.54) is 5.69 Å². The predicted molar refractivity (Wildman–Crippen MR) is 49.4 cm³/mol. The lowest BCUT2D eigenvalue weighted by molar-refractivity contribution is 0.129. The van der Waals surface area contributed by atoms with Gasteiger partial charge < -0.3 is 4.74 Å². The van der Waals surface area contributed by atoms with E-state index < -0.39 is 0 Å². The van der Waals surface area contributed by atoms with Crippen LogP contribution < -0.4 is 0 Å². The Morgan fingerprint density at radius 2 is 2.46 bits per heavy atom. The zero-order valence-corrected chi connectivity index (χ0v) is 7.94. The maximum atomic E-state index is 5.05. The van der Waals surface area contributed by atoms with Crippen molar-refractivity contribution >= 4 is 0 Å². The number of methoxy groups -OCH3 is 1. The van der Waals surface area contributed by atoms with Gasteiger partial charge in [-0.05, 0) is 6.07 Å². The van der Waals surface area contributed by atoms with Crippen LogP contribution in [0.25, 0.3) is 0 Å². The van der Waals surface area contributed by atoms with Crippen LogP contribution in [-0.4, -0.2) is 41.5 Å². The second kappa shape index (κ2) is 3.89. The number of fused-ring (bicyclic) bond motifs is 1. The molecule has 1 aromatic rings. The number of aromatic nitrogens is 2. The molecular weight excluding hydrogens is 166 g/mol. The molecule has 0 aliphatic carbocycles. The Kier molecular flexibility index (Phi) is 2.61. The van der Waals surface area contributed by atoms with E-state index in [2.05, 4.69) is 20.7 Å². The van der Waals surface area contributed by atoms with Crippen LogP contribution in [0.1, 0.15) is 5.69 Å². The zero-order valence-electron chi connectivity index (χ0n) is 7.94. The fourth-order valence-electron chi connectivity index (χ4n) is 1.65. The van der Waals surface area contributed by atoms with Crippen molar-refractivity contribution in [3.05, 3.63) is 18.0 Å². The Bertz CT molecular complexity index is 272. The highest BCUT2D eigenvalue weighted by Gasteiger charge is 2.14. The van der Waals surface area contributed by atoms with Gasteiger partial charge in [0.2, 0.25) is 0 Å². The second-order valence-electron chi connectivity index (χ2n) is 3.31. The molecule has 4 nitrogen and oxygen atoms in total. The Hall–Kier alpha value is -0.870. The summed E-state index contributed by atoms with van der Waals surface area (Å²) in [4.78, 5) is 2.39. The van der Waals surface area contributed by atoms with Gasteiger partial charge in [-0.1, -0.05) is 0 Å². The Labute approximate surface area is 78.1 Å². The molecule has 1 aliphatic rings. The molecule has 0 aromatic carbocycles. The molecule has 4 heteroatoms. The molecule has 0 amide bonds. The molecule has 72 valence electrons. The number of nitrogens with zero attached hydrogens (tertiary/aromatic N) is 3. The fraction of sp³-hybridized carbons (Fsp3) is 0.667. The Balaban J connectivity index is 1.93. The van der Waals surface area contributed by atoms with Crippen molar-refractivity contribution in [1.29, 1.82) is 0 Å². The van der Waals surface area contributed by atoms with E-state index in [9.17, 15) is 0 Å². The average molecular weight is 181 g/mol. The molecule has 13 heavy (non-hydrogen) atoms. The summed E-state index contributed by atoms with van der Waals surface area (Å²) in [5.41, 5.74) is 1.31. The van der Waals surface area contributed by atoms with Gasteiger partial charge in [-0.15, -0.1) is 0 Å². The molecule has 0 spiro atoms. The van der Waals surface area contributed by atoms with Crippen molar-refractivity contribution in [2.45, 2.75) is 13.1 Å². The first-order valence-corrected chi connectivity index (χ1v) is 4.62. The average Bonchev–Trinajstić information content (AvgIpc) is 2.61. The van der Waals surface area contributed by atoms with Gasteiger partial charge in [0.15, 0.2) is 0 Å². The van der Waals surface area contributed by atoms with Crippen LogP contribution in [0, 0.1) is 0 Å². The molecular formula is C9H15N3O. The lowest BCUT2D eigenvalue weighted by Crippen LogP contribution is -2.35. The van der Waals surface area contributed by atoms with Crippen molar-refractivity contribution < 1.29 is 4.74 Å². The lowest BCUT2D eigenvalue weighted by atomic mass is 10.3. The number of hydrogen-bond donors (Lipinski definition) is 0. The molecule has 0 unspecified atom stereocenters. The zero-order chi connectivity index (χ0) is 9.10. The molecule has 0 bridgehead atoms. The maximum absolute atomic E-state index is 5.05. The minimum Gasteiger partial charge on any atom is -0.383 e. The van der Waals surface area contributed by atoms with Crippen LogP contribution in [0.4, 0.5) is 0 Å². The number of hydrogen-bond acceptors (Lipinski definition) is 3. The van der Waals surface area contributed by atoms with Crippen LogP contribution in [0.5, 0.6) is 0 Å². The largest absolute Gasteiger partial charge is 0.383 e. The van der Waals surface area contributed by atoms with Crippen molar-refractivity contribution in [3.63, 3.8) is 0 Å². The predicted octanol–water partition coefficient (Wildman–Crippen LogP) is 0.345. The minimum absolute atomic E-state index is 0.814. The number of ether oxygens (including phenoxy) is 1. The Morgan fingerprint density at radius 1 is 1.54 bits per heavy atom. The summed E-state index contributed by atoms with van der Waals surface area (Å²) in [6, 6.07) is 2.08. The molecule has 0 radical (unpaired) electrons. The SMILES string of the molecule is COCCN1CCn2nccc2C1. The summed E-state index contributed by atoms with van der Waals surface area (Å²) in [5, 5.41) is 4.23. The van der Waals surface area contributed by atoms with Gasteiger partial charge in [0, 0.05) is 32.9 Å². The van der Waals surface area contributed by atoms with Crippen LogP contribution >= 0.6 is 0 Å². The first-order chi connectivity index (χ1) is 6.40. The molecule has 1 aliphatic heterocycles. The van der Waals surface area contributed by atoms with E-state index in [1.807, 2.05) is 6.20 Å². The summed E-state index contributed by atoms with van der Waals surface area (Å²) < 4.78 is 7.12. The third-order valence-corrected chi connectivity index (χ3v) is 2.43. The summed E-state index contributed by atoms with van der Waals surface area (Å²) in [7, 11) is 1.74. The lowest BCUT2D eigenvalue weighted by Gasteiger charge is -2.26. The number of rotatable bonds is 3. The maximum Gasteiger partial charge on any atom is 0.0589 e. The van der Waals surface area contributed by atoms with E-state index >= 15 is 0 Å². The van der Waals surface area contributed by atoms with Gasteiger partial charge in [-0.3, -0.25) is 9.58 Å². The van der Waals surface area contributed by atoms with Crippen molar-refractivity contribution in [1.82, 2.24) is 14.7 Å². The van der Waals surface area contributed by atoms with Crippen LogP contribution in [0.2, 0.25) is 0 Å². The van der Waals surface area contributed by atoms with Crippen molar-refractivity contribution in [2.24, 2.45) is 0 Å². The highest BCUT2D eigenvalue weighted by molar-refractivity contribution is 5.02. The van der Waals surface area contributed by atoms with Gasteiger partial charge in [0.05, 0.1) is 18.8 Å². The Morgan fingerprint density at radius 3 is 3.31 bits per heavy atom. The molecule has 0 saturated heterocycles. The molecule has 2 heterocycles. The summed E-state index contributed by atoms with van der Waals surface area (Å²) in [6.45, 7) is 4.92. The van der Waals surface area contributed by atoms with Gasteiger partial charge in [-0.25, -0.2) is 0 Å². The highest BCUT2D eigenvalue weighted by atomic mass is 16.5. The molecule has 1 aromatic heterocycles. The molecule has 0 N–H and O–H groups in total. The van der Waals surface area contributed by atoms with Crippen LogP contribution in [0.3, 0.4) is 0 Å². The minimum atomic E-state index is 0.814. The van der Waals surface area contributed by atoms with E-state index in [4.69, 9.17) is 4.74 Å². The van der Waals surface area contributed by atoms with E-state index in [-0.39, 0.29) is 0 Å². The second-order valence-corrected chi connectivity index (χ2v) is 3.31. The molecule has 0 saturated carbocycles. The summed E-state index contributed by atoms with van der Waals surface area (Å²) in [5.74, 6) is 0. The van der Waals surface area contributed by atoms with Gasteiger partial charge in [-0.2, -0.15) is 5.10 Å². The standard InChI is InChI=1S/C9H15N3O/c1-13-7-6-11-4-5-12-9(8-11)2-3-10-12/h2-3H,4-8H2,1H3. The molecule has 0 fully saturated rings. The summed E-state index contributed by atoms with van der Waals surface area (Å²) in [6.07, 6.45) is 1.87. The normalized spacial score (nSPS) is 17.3. The molecule has 0 atom stereocenters. The monoisotopic (exact) mass is 181 g/mol. The fourth-order valence-corrected chi connectivity index (χ4v) is 1.65. The van der Waals surface area contributed by atoms with Crippen LogP contribution in [-0.2, 0) is 17.8 Å². The third kappa shape index (κ3) is 1.89. The van der Waals surface area contributed by atoms with Crippen LogP contribution in [0.15, 0.2) is 12.3 Å². The first kappa shape index (κ1) is 8.72. The first-order valence-electron chi connectivity index (χ1n) is 4.62. The van der Waals surface area contributed by atoms with Gasteiger partial charge in [0.1, 0.15) is 0 Å². The highest BCUT2D eigenvalue weighted by Crippen LogP contribution is 2.09. The van der Waals surface area contributed by atoms with E-state index in [0.29, 0.717) is 0 Å². The molecule has 2 rings (SSSR count). The van der Waals surface area contributed by atoms with E-state index in [1.54, 1.807) is 7.11 Å². The quantitative estimate of drug-likeness (QED) is 0.674. The third-order valence-electron chi connectivity index (χ3n) is 2.43. The van der Waals surface area contributed by atoms with Crippen molar-refractivity contribution in [2.75, 3.05) is 26.8 Å². The smallest absolute Gasteiger partial charge is 0.0589 e. The van der Waals surface area contributed by atoms with E-state index in [0.717, 1.165) is 32.8 Å². The van der Waals surface area contributed by atoms with Gasteiger partial charge in [0.25, 0.3) is 0 Å². The van der Waals surface area contributed by atoms with Crippen molar-refractivity contribution in [3.8, 4) is 0 Å². The summed E-state index contributed by atoms with van der Waals surface area (Å²) >= 11 is 0. The van der Waals surface area contributed by atoms with Gasteiger partial charge >= 0.3 is 0 Å².